The van der Waals surface area contributed by atoms with Gasteiger partial charge in [0, 0.05) is 5.56 Å². The second-order valence-electron chi connectivity index (χ2n) is 3.53. The van der Waals surface area contributed by atoms with Crippen LogP contribution >= 0.6 is 11.6 Å². The highest BCUT2D eigenvalue weighted by Crippen LogP contribution is 2.33. The first-order valence-corrected chi connectivity index (χ1v) is 5.52. The molecule has 1 aromatic rings. The monoisotopic (exact) mass is 319 g/mol. The molecule has 0 unspecified atom stereocenters. The molecule has 0 aromatic carbocycles. The van der Waals surface area contributed by atoms with Crippen molar-refractivity contribution in [3.63, 3.8) is 0 Å². The summed E-state index contributed by atoms with van der Waals surface area (Å²) in [7, 11) is 0. The number of carboxylic acids is 1. The molecule has 0 aliphatic heterocycles. The summed E-state index contributed by atoms with van der Waals surface area (Å²) in [5.41, 5.74) is -2.04. The first-order chi connectivity index (χ1) is 9.14. The highest BCUT2D eigenvalue weighted by atomic mass is 35.5. The van der Waals surface area contributed by atoms with E-state index in [-0.39, 0.29) is 0 Å². The van der Waals surface area contributed by atoms with E-state index < -0.39 is 53.8 Å². The van der Waals surface area contributed by atoms with Crippen LogP contribution in [0.1, 0.15) is 23.4 Å². The Morgan fingerprint density at radius 1 is 1.45 bits per heavy atom. The fourth-order valence-corrected chi connectivity index (χ4v) is 1.59. The predicted octanol–water partition coefficient (Wildman–Crippen LogP) is 3.28. The largest absolute Gasteiger partial charge is 0.573 e. The van der Waals surface area contributed by atoms with Crippen LogP contribution in [0.4, 0.5) is 22.0 Å². The van der Waals surface area contributed by atoms with Gasteiger partial charge in [0.1, 0.15) is 5.69 Å². The van der Waals surface area contributed by atoms with Crippen molar-refractivity contribution >= 4 is 17.6 Å². The lowest BCUT2D eigenvalue weighted by Gasteiger charge is -2.16. The van der Waals surface area contributed by atoms with Crippen molar-refractivity contribution in [2.24, 2.45) is 0 Å². The quantitative estimate of drug-likeness (QED) is 0.668. The molecule has 0 radical (unpaired) electrons. The Hall–Kier alpha value is -1.64. The van der Waals surface area contributed by atoms with Crippen LogP contribution in [0.15, 0.2) is 6.07 Å². The second-order valence-corrected chi connectivity index (χ2v) is 3.80. The van der Waals surface area contributed by atoms with Crippen LogP contribution in [0.25, 0.3) is 0 Å². The SMILES string of the molecule is O=C(O)Cc1cc(C(F)F)nc(CCl)c1OC(F)(F)F. The van der Waals surface area contributed by atoms with Crippen molar-refractivity contribution in [1.29, 1.82) is 0 Å². The summed E-state index contributed by atoms with van der Waals surface area (Å²) in [5.74, 6) is -3.11. The van der Waals surface area contributed by atoms with Crippen molar-refractivity contribution in [2.45, 2.75) is 25.1 Å². The molecule has 0 aliphatic rings. The van der Waals surface area contributed by atoms with Crippen molar-refractivity contribution in [1.82, 2.24) is 4.98 Å². The first kappa shape index (κ1) is 16.4. The Balaban J connectivity index is 3.39. The van der Waals surface area contributed by atoms with Crippen LogP contribution in [-0.2, 0) is 17.1 Å². The lowest BCUT2D eigenvalue weighted by Crippen LogP contribution is -2.20. The zero-order valence-corrected chi connectivity index (χ0v) is 10.3. The fourth-order valence-electron chi connectivity index (χ4n) is 1.41. The van der Waals surface area contributed by atoms with Gasteiger partial charge >= 0.3 is 12.3 Å². The van der Waals surface area contributed by atoms with Gasteiger partial charge in [-0.05, 0) is 6.07 Å². The number of carbonyl (C=O) groups is 1. The molecule has 0 aliphatic carbocycles. The number of aromatic nitrogens is 1. The van der Waals surface area contributed by atoms with Crippen molar-refractivity contribution in [3.05, 3.63) is 23.0 Å². The minimum Gasteiger partial charge on any atom is -0.481 e. The molecule has 0 atom stereocenters. The number of rotatable bonds is 5. The lowest BCUT2D eigenvalue weighted by molar-refractivity contribution is -0.275. The van der Waals surface area contributed by atoms with Gasteiger partial charge < -0.3 is 9.84 Å². The van der Waals surface area contributed by atoms with E-state index in [0.717, 1.165) is 0 Å². The summed E-state index contributed by atoms with van der Waals surface area (Å²) in [6.07, 6.45) is -9.14. The number of ether oxygens (including phenoxy) is 1. The molecule has 0 saturated heterocycles. The highest BCUT2D eigenvalue weighted by Gasteiger charge is 2.34. The standard InChI is InChI=1S/C10H7ClF5NO3/c11-3-6-8(20-10(14,15)16)4(2-7(18)19)1-5(17-6)9(12)13/h1,9H,2-3H2,(H,18,19). The summed E-state index contributed by atoms with van der Waals surface area (Å²) < 4.78 is 65.5. The van der Waals surface area contributed by atoms with Gasteiger partial charge in [-0.1, -0.05) is 0 Å². The maximum absolute atomic E-state index is 12.6. The molecule has 112 valence electrons. The Morgan fingerprint density at radius 2 is 2.05 bits per heavy atom. The Morgan fingerprint density at radius 3 is 2.45 bits per heavy atom. The van der Waals surface area contributed by atoms with Gasteiger partial charge in [-0.3, -0.25) is 4.79 Å². The van der Waals surface area contributed by atoms with Gasteiger partial charge in [0.25, 0.3) is 6.43 Å². The Labute approximate surface area is 114 Å². The van der Waals surface area contributed by atoms with Gasteiger partial charge in [-0.25, -0.2) is 13.8 Å². The number of halogens is 6. The molecule has 20 heavy (non-hydrogen) atoms. The average Bonchev–Trinajstić information content (AvgIpc) is 2.28. The van der Waals surface area contributed by atoms with E-state index in [1.54, 1.807) is 0 Å². The van der Waals surface area contributed by atoms with Crippen LogP contribution in [0.3, 0.4) is 0 Å². The van der Waals surface area contributed by atoms with E-state index in [9.17, 15) is 26.7 Å². The molecule has 0 bridgehead atoms. The van der Waals surface area contributed by atoms with Gasteiger partial charge in [-0.15, -0.1) is 24.8 Å². The average molecular weight is 320 g/mol. The molecular formula is C10H7ClF5NO3. The molecule has 1 aromatic heterocycles. The maximum Gasteiger partial charge on any atom is 0.573 e. The Kier molecular flexibility index (Phi) is 5.09. The third-order valence-electron chi connectivity index (χ3n) is 2.05. The maximum atomic E-state index is 12.6. The molecule has 1 rings (SSSR count). The van der Waals surface area contributed by atoms with Crippen molar-refractivity contribution in [2.75, 3.05) is 0 Å². The number of carboxylic acid groups (broad SMARTS) is 1. The minimum absolute atomic E-state index is 0.551. The first-order valence-electron chi connectivity index (χ1n) is 4.98. The molecule has 1 heterocycles. The summed E-state index contributed by atoms with van der Waals surface area (Å²) in [6, 6.07) is 0.551. The zero-order chi connectivity index (χ0) is 15.5. The van der Waals surface area contributed by atoms with Crippen LogP contribution in [0.5, 0.6) is 5.75 Å². The molecule has 0 saturated carbocycles. The number of alkyl halides is 6. The molecule has 0 spiro atoms. The Bertz CT molecular complexity index is 506. The van der Waals surface area contributed by atoms with E-state index in [0.29, 0.717) is 6.07 Å². The molecule has 10 heteroatoms. The van der Waals surface area contributed by atoms with E-state index in [4.69, 9.17) is 16.7 Å². The third kappa shape index (κ3) is 4.48. The number of hydrogen-bond acceptors (Lipinski definition) is 3. The summed E-state index contributed by atoms with van der Waals surface area (Å²) in [6.45, 7) is 0. The number of pyridine rings is 1. The summed E-state index contributed by atoms with van der Waals surface area (Å²) in [5, 5.41) is 8.61. The van der Waals surface area contributed by atoms with Crippen LogP contribution in [-0.4, -0.2) is 22.4 Å². The van der Waals surface area contributed by atoms with Crippen LogP contribution in [0, 0.1) is 0 Å². The van der Waals surface area contributed by atoms with Crippen LogP contribution < -0.4 is 4.74 Å². The topological polar surface area (TPSA) is 59.4 Å². The second kappa shape index (κ2) is 6.21. The molecule has 1 N–H and O–H groups in total. The lowest BCUT2D eigenvalue weighted by atomic mass is 10.1. The van der Waals surface area contributed by atoms with E-state index in [1.807, 2.05) is 0 Å². The van der Waals surface area contributed by atoms with E-state index in [2.05, 4.69) is 9.72 Å². The van der Waals surface area contributed by atoms with E-state index >= 15 is 0 Å². The summed E-state index contributed by atoms with van der Waals surface area (Å²) >= 11 is 5.34. The molecule has 0 amide bonds. The minimum atomic E-state index is -5.12. The fraction of sp³-hybridized carbons (Fsp3) is 0.400. The number of aliphatic carboxylic acids is 1. The molecule has 4 nitrogen and oxygen atoms in total. The number of nitrogens with zero attached hydrogens (tertiary/aromatic N) is 1. The van der Waals surface area contributed by atoms with Gasteiger partial charge in [-0.2, -0.15) is 0 Å². The smallest absolute Gasteiger partial charge is 0.481 e. The van der Waals surface area contributed by atoms with Gasteiger partial charge in [0.2, 0.25) is 0 Å². The number of hydrogen-bond donors (Lipinski definition) is 1. The van der Waals surface area contributed by atoms with Gasteiger partial charge in [0.15, 0.2) is 5.75 Å². The normalized spacial score (nSPS) is 11.8. The molecular weight excluding hydrogens is 313 g/mol. The molecule has 0 fully saturated rings. The van der Waals surface area contributed by atoms with Gasteiger partial charge in [0.05, 0.1) is 18.0 Å². The predicted molar refractivity (Wildman–Crippen MR) is 56.8 cm³/mol. The summed E-state index contributed by atoms with van der Waals surface area (Å²) in [4.78, 5) is 13.8. The van der Waals surface area contributed by atoms with E-state index in [1.165, 1.54) is 0 Å². The zero-order valence-electron chi connectivity index (χ0n) is 9.55. The highest BCUT2D eigenvalue weighted by molar-refractivity contribution is 6.17. The van der Waals surface area contributed by atoms with Crippen molar-refractivity contribution in [3.8, 4) is 5.75 Å². The van der Waals surface area contributed by atoms with Crippen molar-refractivity contribution < 1.29 is 36.6 Å². The van der Waals surface area contributed by atoms with Crippen LogP contribution in [0.2, 0.25) is 0 Å². The third-order valence-corrected chi connectivity index (χ3v) is 2.30.